The fourth-order valence-electron chi connectivity index (χ4n) is 2.88. The number of aromatic nitrogens is 2. The van der Waals surface area contributed by atoms with Crippen LogP contribution in [0.15, 0.2) is 18.6 Å². The van der Waals surface area contributed by atoms with Crippen LogP contribution in [0.1, 0.15) is 37.2 Å². The first-order valence-corrected chi connectivity index (χ1v) is 8.78. The quantitative estimate of drug-likeness (QED) is 0.615. The highest BCUT2D eigenvalue weighted by atomic mass is 16.5. The van der Waals surface area contributed by atoms with Gasteiger partial charge in [0.15, 0.2) is 0 Å². The number of carbonyl (C=O) groups is 3. The Balaban J connectivity index is 2.02. The number of carbonyl (C=O) groups excluding carboxylic acids is 3. The van der Waals surface area contributed by atoms with E-state index in [1.807, 2.05) is 13.8 Å². The van der Waals surface area contributed by atoms with Gasteiger partial charge in [-0.2, -0.15) is 0 Å². The molecule has 3 amide bonds. The van der Waals surface area contributed by atoms with E-state index >= 15 is 0 Å². The first-order valence-electron chi connectivity index (χ1n) is 8.78. The van der Waals surface area contributed by atoms with Gasteiger partial charge in [0, 0.05) is 38.1 Å². The number of nitrogens with one attached hydrogen (secondary N) is 2. The summed E-state index contributed by atoms with van der Waals surface area (Å²) in [6.45, 7) is 5.28. The third kappa shape index (κ3) is 5.22. The van der Waals surface area contributed by atoms with Gasteiger partial charge < -0.3 is 20.3 Å². The number of rotatable bonds is 8. The zero-order valence-electron chi connectivity index (χ0n) is 15.1. The molecule has 0 saturated carbocycles. The maximum Gasteiger partial charge on any atom is 0.271 e. The normalized spacial score (nSPS) is 19.2. The molecule has 1 aliphatic rings. The molecule has 2 atom stereocenters. The van der Waals surface area contributed by atoms with Crippen LogP contribution >= 0.6 is 0 Å². The maximum atomic E-state index is 12.5. The lowest BCUT2D eigenvalue weighted by Gasteiger charge is -2.23. The molecule has 142 valence electrons. The van der Waals surface area contributed by atoms with Crippen molar-refractivity contribution in [2.45, 2.75) is 38.8 Å². The lowest BCUT2D eigenvalue weighted by atomic mass is 10.1. The molecule has 0 radical (unpaired) electrons. The maximum absolute atomic E-state index is 12.5. The second-order valence-corrected chi connectivity index (χ2v) is 5.90. The van der Waals surface area contributed by atoms with Gasteiger partial charge in [0.25, 0.3) is 5.91 Å². The smallest absolute Gasteiger partial charge is 0.271 e. The molecule has 0 spiro atoms. The largest absolute Gasteiger partial charge is 0.381 e. The molecule has 1 aromatic heterocycles. The molecule has 1 saturated heterocycles. The van der Waals surface area contributed by atoms with Crippen molar-refractivity contribution >= 4 is 17.7 Å². The highest BCUT2D eigenvalue weighted by Crippen LogP contribution is 2.20. The minimum absolute atomic E-state index is 0.161. The minimum Gasteiger partial charge on any atom is -0.381 e. The molecule has 1 fully saturated rings. The number of hydrogen-bond donors (Lipinski definition) is 2. The lowest BCUT2D eigenvalue weighted by Crippen LogP contribution is -2.46. The summed E-state index contributed by atoms with van der Waals surface area (Å²) >= 11 is 0. The van der Waals surface area contributed by atoms with E-state index in [0.717, 1.165) is 0 Å². The van der Waals surface area contributed by atoms with Crippen molar-refractivity contribution in [1.29, 1.82) is 0 Å². The third-order valence-corrected chi connectivity index (χ3v) is 4.07. The molecule has 0 unspecified atom stereocenters. The predicted molar refractivity (Wildman–Crippen MR) is 93.2 cm³/mol. The number of likely N-dealkylation sites (tertiary alicyclic amines) is 1. The second kappa shape index (κ2) is 9.81. The first-order chi connectivity index (χ1) is 12.6. The molecule has 0 bridgehead atoms. The van der Waals surface area contributed by atoms with Crippen LogP contribution in [0.2, 0.25) is 0 Å². The van der Waals surface area contributed by atoms with E-state index in [4.69, 9.17) is 4.74 Å². The van der Waals surface area contributed by atoms with E-state index in [0.29, 0.717) is 26.2 Å². The number of likely N-dealkylation sites (N-methyl/N-ethyl adjacent to an activating group) is 1. The summed E-state index contributed by atoms with van der Waals surface area (Å²) in [7, 11) is 0. The standard InChI is InChI=1S/C17H25N5O4/c1-3-19-17(25)14-9-12(11-22(14)15(23)5-8-26-4-2)21-16(24)13-10-18-6-7-20-13/h6-7,10,12,14H,3-5,8-9,11H2,1-2H3,(H,19,25)(H,21,24)/t12-,14-/m0/s1. The Morgan fingerprint density at radius 3 is 2.77 bits per heavy atom. The highest BCUT2D eigenvalue weighted by Gasteiger charge is 2.39. The van der Waals surface area contributed by atoms with Gasteiger partial charge in [-0.25, -0.2) is 4.98 Å². The van der Waals surface area contributed by atoms with E-state index < -0.39 is 6.04 Å². The third-order valence-electron chi connectivity index (χ3n) is 4.07. The molecular weight excluding hydrogens is 338 g/mol. The first kappa shape index (κ1) is 19.8. The Hall–Kier alpha value is -2.55. The Morgan fingerprint density at radius 1 is 1.31 bits per heavy atom. The second-order valence-electron chi connectivity index (χ2n) is 5.90. The number of hydrogen-bond acceptors (Lipinski definition) is 6. The van der Waals surface area contributed by atoms with E-state index in [9.17, 15) is 14.4 Å². The average molecular weight is 363 g/mol. The van der Waals surface area contributed by atoms with Crippen molar-refractivity contribution in [3.63, 3.8) is 0 Å². The summed E-state index contributed by atoms with van der Waals surface area (Å²) < 4.78 is 5.22. The lowest BCUT2D eigenvalue weighted by molar-refractivity contribution is -0.139. The van der Waals surface area contributed by atoms with Crippen molar-refractivity contribution in [3.05, 3.63) is 24.3 Å². The summed E-state index contributed by atoms with van der Waals surface area (Å²) in [4.78, 5) is 46.4. The van der Waals surface area contributed by atoms with Crippen LogP contribution in [0.3, 0.4) is 0 Å². The summed E-state index contributed by atoms with van der Waals surface area (Å²) in [6, 6.07) is -0.926. The molecule has 1 aromatic rings. The summed E-state index contributed by atoms with van der Waals surface area (Å²) in [5.74, 6) is -0.749. The Morgan fingerprint density at radius 2 is 2.12 bits per heavy atom. The van der Waals surface area contributed by atoms with Gasteiger partial charge >= 0.3 is 0 Å². The van der Waals surface area contributed by atoms with Gasteiger partial charge in [-0.3, -0.25) is 19.4 Å². The predicted octanol–water partition coefficient (Wildman–Crippen LogP) is -0.261. The van der Waals surface area contributed by atoms with Crippen LogP contribution in [0, 0.1) is 0 Å². The average Bonchev–Trinajstić information content (AvgIpc) is 3.07. The van der Waals surface area contributed by atoms with Gasteiger partial charge in [0.2, 0.25) is 11.8 Å². The molecule has 2 N–H and O–H groups in total. The number of amides is 3. The molecule has 0 aromatic carbocycles. The van der Waals surface area contributed by atoms with Crippen LogP contribution in [0.4, 0.5) is 0 Å². The number of ether oxygens (including phenoxy) is 1. The van der Waals surface area contributed by atoms with E-state index in [2.05, 4.69) is 20.6 Å². The fourth-order valence-corrected chi connectivity index (χ4v) is 2.88. The van der Waals surface area contributed by atoms with Crippen molar-refractivity contribution in [1.82, 2.24) is 25.5 Å². The van der Waals surface area contributed by atoms with Crippen molar-refractivity contribution in [2.75, 3.05) is 26.3 Å². The molecule has 2 heterocycles. The monoisotopic (exact) mass is 363 g/mol. The van der Waals surface area contributed by atoms with Crippen molar-refractivity contribution < 1.29 is 19.1 Å². The molecule has 9 nitrogen and oxygen atoms in total. The summed E-state index contributed by atoms with van der Waals surface area (Å²) in [6.07, 6.45) is 4.85. The Bertz CT molecular complexity index is 625. The van der Waals surface area contributed by atoms with Gasteiger partial charge in [-0.1, -0.05) is 0 Å². The van der Waals surface area contributed by atoms with Crippen molar-refractivity contribution in [3.8, 4) is 0 Å². The van der Waals surface area contributed by atoms with Crippen LogP contribution in [0.25, 0.3) is 0 Å². The van der Waals surface area contributed by atoms with Crippen LogP contribution in [0.5, 0.6) is 0 Å². The Labute approximate surface area is 152 Å². The van der Waals surface area contributed by atoms with Crippen molar-refractivity contribution in [2.24, 2.45) is 0 Å². The van der Waals surface area contributed by atoms with Gasteiger partial charge in [-0.15, -0.1) is 0 Å². The summed E-state index contributed by atoms with van der Waals surface area (Å²) in [5, 5.41) is 5.57. The fraction of sp³-hybridized carbons (Fsp3) is 0.588. The van der Waals surface area contributed by atoms with Gasteiger partial charge in [-0.05, 0) is 20.3 Å². The van der Waals surface area contributed by atoms with Gasteiger partial charge in [0.1, 0.15) is 11.7 Å². The molecule has 1 aliphatic heterocycles. The van der Waals surface area contributed by atoms with Crippen LogP contribution in [-0.2, 0) is 14.3 Å². The zero-order chi connectivity index (χ0) is 18.9. The zero-order valence-corrected chi connectivity index (χ0v) is 15.1. The molecular formula is C17H25N5O4. The SMILES string of the molecule is CCNC(=O)[C@@H]1C[C@H](NC(=O)c2cnccn2)CN1C(=O)CCOCC. The molecule has 2 rings (SSSR count). The number of nitrogens with zero attached hydrogens (tertiary/aromatic N) is 3. The minimum atomic E-state index is -0.601. The van der Waals surface area contributed by atoms with E-state index in [1.165, 1.54) is 23.5 Å². The molecule has 0 aliphatic carbocycles. The van der Waals surface area contributed by atoms with E-state index in [-0.39, 0.29) is 42.4 Å². The highest BCUT2D eigenvalue weighted by molar-refractivity contribution is 5.93. The molecule has 26 heavy (non-hydrogen) atoms. The van der Waals surface area contributed by atoms with E-state index in [1.54, 1.807) is 0 Å². The van der Waals surface area contributed by atoms with Crippen LogP contribution in [-0.4, -0.2) is 71.0 Å². The topological polar surface area (TPSA) is 114 Å². The Kier molecular flexibility index (Phi) is 7.46. The van der Waals surface area contributed by atoms with Gasteiger partial charge in [0.05, 0.1) is 19.2 Å². The van der Waals surface area contributed by atoms with Crippen LogP contribution < -0.4 is 10.6 Å². The summed E-state index contributed by atoms with van der Waals surface area (Å²) in [5.41, 5.74) is 0.197. The molecule has 9 heteroatoms.